The molecule has 1 aromatic heterocycles. The molecule has 1 fully saturated rings. The number of nitrogens with one attached hydrogen (secondary N) is 1. The topological polar surface area (TPSA) is 29.9 Å². The van der Waals surface area contributed by atoms with Crippen molar-refractivity contribution in [3.63, 3.8) is 0 Å². The second kappa shape index (κ2) is 6.26. The first-order chi connectivity index (χ1) is 9.42. The lowest BCUT2D eigenvalue weighted by molar-refractivity contribution is 0.583. The third-order valence-corrected chi connectivity index (χ3v) is 4.26. The molecular formula is C15H19N3S. The molecule has 3 nitrogen and oxygen atoms in total. The normalized spacial score (nSPS) is 14.7. The number of aryl methyl sites for hydroxylation is 1. The van der Waals surface area contributed by atoms with Gasteiger partial charge in [0, 0.05) is 29.4 Å². The molecule has 2 aromatic rings. The average Bonchev–Trinajstić information content (AvgIpc) is 3.17. The predicted octanol–water partition coefficient (Wildman–Crippen LogP) is 2.93. The maximum absolute atomic E-state index is 4.41. The Morgan fingerprint density at radius 1 is 1.21 bits per heavy atom. The van der Waals surface area contributed by atoms with E-state index in [0.29, 0.717) is 0 Å². The molecule has 4 heteroatoms. The van der Waals surface area contributed by atoms with Crippen molar-refractivity contribution in [3.8, 4) is 0 Å². The molecule has 19 heavy (non-hydrogen) atoms. The number of nitrogens with zero attached hydrogens (tertiary/aromatic N) is 2. The van der Waals surface area contributed by atoms with E-state index in [0.717, 1.165) is 24.9 Å². The van der Waals surface area contributed by atoms with E-state index in [4.69, 9.17) is 0 Å². The molecule has 0 spiro atoms. The molecular weight excluding hydrogens is 254 g/mol. The molecule has 1 aromatic carbocycles. The highest BCUT2D eigenvalue weighted by atomic mass is 32.2. The Kier molecular flexibility index (Phi) is 4.20. The van der Waals surface area contributed by atoms with Crippen LogP contribution >= 0.6 is 11.8 Å². The van der Waals surface area contributed by atoms with Crippen LogP contribution in [0.2, 0.25) is 0 Å². The van der Waals surface area contributed by atoms with Gasteiger partial charge in [0.15, 0.2) is 0 Å². The van der Waals surface area contributed by atoms with Gasteiger partial charge in [-0.1, -0.05) is 18.2 Å². The summed E-state index contributed by atoms with van der Waals surface area (Å²) in [5.74, 6) is 1.06. The van der Waals surface area contributed by atoms with Crippen LogP contribution in [0.3, 0.4) is 0 Å². The number of thioether (sulfide) groups is 1. The zero-order valence-corrected chi connectivity index (χ0v) is 11.8. The van der Waals surface area contributed by atoms with Crippen molar-refractivity contribution in [2.75, 3.05) is 5.75 Å². The van der Waals surface area contributed by atoms with Crippen molar-refractivity contribution in [3.05, 3.63) is 48.3 Å². The summed E-state index contributed by atoms with van der Waals surface area (Å²) >= 11 is 1.88. The number of hydrogen-bond acceptors (Lipinski definition) is 3. The fraction of sp³-hybridized carbons (Fsp3) is 0.400. The van der Waals surface area contributed by atoms with Crippen LogP contribution in [0.4, 0.5) is 0 Å². The lowest BCUT2D eigenvalue weighted by Crippen LogP contribution is -2.19. The molecule has 0 aliphatic heterocycles. The van der Waals surface area contributed by atoms with Gasteiger partial charge in [0.05, 0.1) is 12.2 Å². The van der Waals surface area contributed by atoms with E-state index in [9.17, 15) is 0 Å². The van der Waals surface area contributed by atoms with E-state index in [1.807, 2.05) is 18.0 Å². The first kappa shape index (κ1) is 12.8. The van der Waals surface area contributed by atoms with E-state index in [1.54, 1.807) is 0 Å². The third-order valence-electron chi connectivity index (χ3n) is 3.27. The van der Waals surface area contributed by atoms with Crippen LogP contribution in [0.25, 0.3) is 0 Å². The molecule has 1 saturated carbocycles. The molecule has 0 saturated heterocycles. The van der Waals surface area contributed by atoms with E-state index in [2.05, 4.69) is 51.5 Å². The monoisotopic (exact) mass is 273 g/mol. The minimum Gasteiger partial charge on any atom is -0.308 e. The van der Waals surface area contributed by atoms with Gasteiger partial charge in [-0.15, -0.1) is 11.8 Å². The van der Waals surface area contributed by atoms with Crippen LogP contribution in [0, 0.1) is 0 Å². The molecule has 0 bridgehead atoms. The van der Waals surface area contributed by atoms with Gasteiger partial charge >= 0.3 is 0 Å². The van der Waals surface area contributed by atoms with E-state index >= 15 is 0 Å². The molecule has 3 rings (SSSR count). The van der Waals surface area contributed by atoms with Crippen LogP contribution in [-0.4, -0.2) is 21.6 Å². The zero-order valence-electron chi connectivity index (χ0n) is 11.0. The zero-order chi connectivity index (χ0) is 12.9. The van der Waals surface area contributed by atoms with Crippen LogP contribution in [0.1, 0.15) is 18.5 Å². The predicted molar refractivity (Wildman–Crippen MR) is 79.3 cm³/mol. The number of hydrogen-bond donors (Lipinski definition) is 1. The molecule has 1 aliphatic carbocycles. The van der Waals surface area contributed by atoms with Gasteiger partial charge < -0.3 is 5.32 Å². The van der Waals surface area contributed by atoms with Crippen LogP contribution < -0.4 is 5.32 Å². The highest BCUT2D eigenvalue weighted by molar-refractivity contribution is 7.99. The van der Waals surface area contributed by atoms with E-state index in [1.165, 1.54) is 23.4 Å². The van der Waals surface area contributed by atoms with Crippen LogP contribution in [-0.2, 0) is 13.1 Å². The summed E-state index contributed by atoms with van der Waals surface area (Å²) in [4.78, 5) is 1.33. The summed E-state index contributed by atoms with van der Waals surface area (Å²) in [5, 5.41) is 7.95. The minimum atomic E-state index is 0.752. The van der Waals surface area contributed by atoms with Gasteiger partial charge in [0.25, 0.3) is 0 Å². The first-order valence-corrected chi connectivity index (χ1v) is 7.82. The molecule has 0 amide bonds. The fourth-order valence-electron chi connectivity index (χ4n) is 2.01. The first-order valence-electron chi connectivity index (χ1n) is 6.84. The summed E-state index contributed by atoms with van der Waals surface area (Å²) in [6.45, 7) is 1.91. The van der Waals surface area contributed by atoms with Crippen molar-refractivity contribution in [1.29, 1.82) is 0 Å². The van der Waals surface area contributed by atoms with Crippen LogP contribution in [0.5, 0.6) is 0 Å². The third kappa shape index (κ3) is 3.85. The molecule has 1 heterocycles. The lowest BCUT2D eigenvalue weighted by Gasteiger charge is -2.08. The van der Waals surface area contributed by atoms with Gasteiger partial charge in [-0.3, -0.25) is 4.68 Å². The summed E-state index contributed by atoms with van der Waals surface area (Å²) in [6.07, 6.45) is 4.56. The second-order valence-corrected chi connectivity index (χ2v) is 6.03. The minimum absolute atomic E-state index is 0.752. The largest absolute Gasteiger partial charge is 0.308 e. The van der Waals surface area contributed by atoms with Crippen LogP contribution in [0.15, 0.2) is 47.5 Å². The molecule has 0 radical (unpaired) electrons. The Balaban J connectivity index is 1.47. The fourth-order valence-corrected chi connectivity index (χ4v) is 2.86. The number of rotatable bonds is 7. The Morgan fingerprint density at radius 2 is 2.05 bits per heavy atom. The Bertz CT molecular complexity index is 505. The summed E-state index contributed by atoms with van der Waals surface area (Å²) in [6, 6.07) is 13.4. The molecule has 1 N–H and O–H groups in total. The Hall–Kier alpha value is -1.26. The quantitative estimate of drug-likeness (QED) is 0.787. The SMILES string of the molecule is c1ccc(SCCn2nccc2CNC2CC2)cc1. The molecule has 0 atom stereocenters. The molecule has 100 valence electrons. The van der Waals surface area contributed by atoms with Crippen molar-refractivity contribution in [1.82, 2.24) is 15.1 Å². The highest BCUT2D eigenvalue weighted by Gasteiger charge is 2.20. The maximum Gasteiger partial charge on any atom is 0.0522 e. The second-order valence-electron chi connectivity index (χ2n) is 4.86. The number of benzene rings is 1. The Labute approximate surface area is 118 Å². The Morgan fingerprint density at radius 3 is 2.84 bits per heavy atom. The summed E-state index contributed by atoms with van der Waals surface area (Å²) in [7, 11) is 0. The van der Waals surface area contributed by atoms with E-state index in [-0.39, 0.29) is 0 Å². The van der Waals surface area contributed by atoms with Gasteiger partial charge in [0.2, 0.25) is 0 Å². The maximum atomic E-state index is 4.41. The van der Waals surface area contributed by atoms with Gasteiger partial charge in [-0.25, -0.2) is 0 Å². The molecule has 0 unspecified atom stereocenters. The van der Waals surface area contributed by atoms with Crippen molar-refractivity contribution in [2.24, 2.45) is 0 Å². The van der Waals surface area contributed by atoms with Crippen molar-refractivity contribution < 1.29 is 0 Å². The smallest absolute Gasteiger partial charge is 0.0522 e. The summed E-state index contributed by atoms with van der Waals surface area (Å²) in [5.41, 5.74) is 1.29. The summed E-state index contributed by atoms with van der Waals surface area (Å²) < 4.78 is 2.12. The highest BCUT2D eigenvalue weighted by Crippen LogP contribution is 2.20. The lowest BCUT2D eigenvalue weighted by atomic mass is 10.4. The van der Waals surface area contributed by atoms with E-state index < -0.39 is 0 Å². The van der Waals surface area contributed by atoms with Crippen molar-refractivity contribution in [2.45, 2.75) is 36.9 Å². The van der Waals surface area contributed by atoms with Gasteiger partial charge in [0.1, 0.15) is 0 Å². The number of aromatic nitrogens is 2. The molecule has 1 aliphatic rings. The van der Waals surface area contributed by atoms with Gasteiger partial charge in [-0.05, 0) is 31.0 Å². The van der Waals surface area contributed by atoms with Crippen molar-refractivity contribution >= 4 is 11.8 Å². The standard InChI is InChI=1S/C15H19N3S/c1-2-4-15(5-3-1)19-11-10-18-14(8-9-17-18)12-16-13-6-7-13/h1-5,8-9,13,16H,6-7,10-12H2. The average molecular weight is 273 g/mol. The van der Waals surface area contributed by atoms with Gasteiger partial charge in [-0.2, -0.15) is 5.10 Å².